The molecule has 0 aliphatic rings. The molecule has 5 heteroatoms. The van der Waals surface area contributed by atoms with Gasteiger partial charge in [-0.15, -0.1) is 0 Å². The topological polar surface area (TPSA) is 61.4 Å². The van der Waals surface area contributed by atoms with Crippen molar-refractivity contribution in [2.24, 2.45) is 0 Å². The predicted molar refractivity (Wildman–Crippen MR) is 127 cm³/mol. The molecule has 5 nitrogen and oxygen atoms in total. The number of hydrogen-bond acceptors (Lipinski definition) is 3. The average Bonchev–Trinajstić information content (AvgIpc) is 2.79. The second-order valence-corrected chi connectivity index (χ2v) is 7.65. The van der Waals surface area contributed by atoms with Crippen LogP contribution in [0.25, 0.3) is 0 Å². The fourth-order valence-electron chi connectivity index (χ4n) is 3.37. The Hall–Kier alpha value is -3.60. The summed E-state index contributed by atoms with van der Waals surface area (Å²) in [4.78, 5) is 27.1. The summed E-state index contributed by atoms with van der Waals surface area (Å²) in [5, 5.41) is 5.91. The summed E-state index contributed by atoms with van der Waals surface area (Å²) in [6.07, 6.45) is 1.83. The molecule has 0 bridgehead atoms. The maximum Gasteiger partial charge on any atom is 0.253 e. The Kier molecular flexibility index (Phi) is 7.82. The highest BCUT2D eigenvalue weighted by Crippen LogP contribution is 2.23. The van der Waals surface area contributed by atoms with Gasteiger partial charge in [-0.05, 0) is 42.2 Å². The first-order valence-corrected chi connectivity index (χ1v) is 10.5. The highest BCUT2D eigenvalue weighted by Gasteiger charge is 2.15. The Bertz CT molecular complexity index is 1000. The number of anilines is 2. The first-order chi connectivity index (χ1) is 15.0. The van der Waals surface area contributed by atoms with Gasteiger partial charge >= 0.3 is 0 Å². The Balaban J connectivity index is 1.62. The monoisotopic (exact) mass is 415 g/mol. The minimum absolute atomic E-state index is 0.0723. The molecule has 2 N–H and O–H groups in total. The molecule has 3 rings (SSSR count). The van der Waals surface area contributed by atoms with E-state index in [1.165, 1.54) is 5.56 Å². The van der Waals surface area contributed by atoms with Crippen molar-refractivity contribution in [2.45, 2.75) is 19.3 Å². The Morgan fingerprint density at radius 1 is 0.806 bits per heavy atom. The molecule has 0 unspecified atom stereocenters. The number of nitrogens with one attached hydrogen (secondary N) is 2. The molecule has 0 spiro atoms. The van der Waals surface area contributed by atoms with Crippen LogP contribution in [0.1, 0.15) is 27.9 Å². The van der Waals surface area contributed by atoms with Gasteiger partial charge < -0.3 is 15.5 Å². The number of hydrogen-bond donors (Lipinski definition) is 2. The molecular formula is C26H29N3O2. The molecule has 0 aliphatic carbocycles. The summed E-state index contributed by atoms with van der Waals surface area (Å²) in [5.74, 6) is -0.225. The van der Waals surface area contributed by atoms with Crippen molar-refractivity contribution in [3.63, 3.8) is 0 Å². The van der Waals surface area contributed by atoms with E-state index in [1.807, 2.05) is 91.8 Å². The fraction of sp³-hybridized carbons (Fsp3) is 0.231. The normalized spacial score (nSPS) is 10.4. The van der Waals surface area contributed by atoms with Crippen LogP contribution in [0.4, 0.5) is 11.4 Å². The van der Waals surface area contributed by atoms with Gasteiger partial charge in [0.1, 0.15) is 0 Å². The molecule has 3 aromatic carbocycles. The van der Waals surface area contributed by atoms with E-state index in [9.17, 15) is 9.59 Å². The van der Waals surface area contributed by atoms with Crippen LogP contribution in [-0.4, -0.2) is 32.5 Å². The van der Waals surface area contributed by atoms with Crippen molar-refractivity contribution in [1.29, 1.82) is 0 Å². The second kappa shape index (κ2) is 11.0. The predicted octanol–water partition coefficient (Wildman–Crippen LogP) is 4.30. The molecule has 0 atom stereocenters. The van der Waals surface area contributed by atoms with Crippen LogP contribution in [-0.2, 0) is 17.6 Å². The summed E-state index contributed by atoms with van der Waals surface area (Å²) < 4.78 is 0. The maximum absolute atomic E-state index is 12.9. The van der Waals surface area contributed by atoms with E-state index in [0.29, 0.717) is 30.6 Å². The largest absolute Gasteiger partial charge is 0.377 e. The average molecular weight is 416 g/mol. The number of benzene rings is 3. The smallest absolute Gasteiger partial charge is 0.253 e. The van der Waals surface area contributed by atoms with Gasteiger partial charge in [0.15, 0.2) is 0 Å². The van der Waals surface area contributed by atoms with Gasteiger partial charge in [0, 0.05) is 38.4 Å². The Morgan fingerprint density at radius 3 is 2.03 bits per heavy atom. The number of nitrogens with zero attached hydrogens (tertiary/aromatic N) is 1. The zero-order valence-electron chi connectivity index (χ0n) is 18.1. The van der Waals surface area contributed by atoms with Gasteiger partial charge in [-0.1, -0.05) is 60.7 Å². The number of carbonyl (C=O) groups is 2. The van der Waals surface area contributed by atoms with E-state index in [1.54, 1.807) is 6.07 Å². The lowest BCUT2D eigenvalue weighted by molar-refractivity contribution is -0.116. The van der Waals surface area contributed by atoms with E-state index < -0.39 is 0 Å². The van der Waals surface area contributed by atoms with Gasteiger partial charge in [-0.25, -0.2) is 0 Å². The van der Waals surface area contributed by atoms with E-state index in [4.69, 9.17) is 0 Å². The maximum atomic E-state index is 12.9. The van der Waals surface area contributed by atoms with Crippen LogP contribution in [0.15, 0.2) is 78.9 Å². The molecule has 0 aliphatic heterocycles. The first kappa shape index (κ1) is 22.1. The summed E-state index contributed by atoms with van der Waals surface area (Å²) in [6.45, 7) is 0.545. The van der Waals surface area contributed by atoms with Crippen LogP contribution in [0.2, 0.25) is 0 Å². The lowest BCUT2D eigenvalue weighted by atomic mass is 10.1. The van der Waals surface area contributed by atoms with E-state index in [-0.39, 0.29) is 11.8 Å². The summed E-state index contributed by atoms with van der Waals surface area (Å²) in [6, 6.07) is 25.4. The number of rotatable bonds is 9. The van der Waals surface area contributed by atoms with Crippen molar-refractivity contribution >= 4 is 23.2 Å². The first-order valence-electron chi connectivity index (χ1n) is 10.5. The number of carbonyl (C=O) groups excluding carboxylic acids is 2. The molecular weight excluding hydrogens is 386 g/mol. The van der Waals surface area contributed by atoms with Crippen LogP contribution in [0.5, 0.6) is 0 Å². The SMILES string of the molecule is CN(C)c1ccc(NC(=O)CCc2ccccc2)cc1C(=O)NCCc1ccccc1. The van der Waals surface area contributed by atoms with Gasteiger partial charge in [-0.2, -0.15) is 0 Å². The minimum Gasteiger partial charge on any atom is -0.377 e. The number of amides is 2. The second-order valence-electron chi connectivity index (χ2n) is 7.65. The third-order valence-electron chi connectivity index (χ3n) is 5.03. The van der Waals surface area contributed by atoms with Crippen LogP contribution >= 0.6 is 0 Å². The lowest BCUT2D eigenvalue weighted by Crippen LogP contribution is -2.28. The van der Waals surface area contributed by atoms with Crippen molar-refractivity contribution in [3.05, 3.63) is 95.6 Å². The Morgan fingerprint density at radius 2 is 1.42 bits per heavy atom. The van der Waals surface area contributed by atoms with E-state index in [0.717, 1.165) is 17.7 Å². The van der Waals surface area contributed by atoms with Crippen molar-refractivity contribution in [3.8, 4) is 0 Å². The molecule has 0 radical (unpaired) electrons. The summed E-state index contributed by atoms with van der Waals surface area (Å²) in [5.41, 5.74) is 4.27. The third-order valence-corrected chi connectivity index (χ3v) is 5.03. The highest BCUT2D eigenvalue weighted by molar-refractivity contribution is 6.02. The van der Waals surface area contributed by atoms with Crippen LogP contribution < -0.4 is 15.5 Å². The fourth-order valence-corrected chi connectivity index (χ4v) is 3.37. The quantitative estimate of drug-likeness (QED) is 0.548. The van der Waals surface area contributed by atoms with Crippen molar-refractivity contribution < 1.29 is 9.59 Å². The highest BCUT2D eigenvalue weighted by atomic mass is 16.2. The molecule has 0 aromatic heterocycles. The van der Waals surface area contributed by atoms with E-state index in [2.05, 4.69) is 10.6 Å². The zero-order chi connectivity index (χ0) is 22.1. The van der Waals surface area contributed by atoms with Gasteiger partial charge in [0.25, 0.3) is 5.91 Å². The van der Waals surface area contributed by atoms with Gasteiger partial charge in [0.05, 0.1) is 5.56 Å². The summed E-state index contributed by atoms with van der Waals surface area (Å²) in [7, 11) is 3.79. The molecule has 3 aromatic rings. The lowest BCUT2D eigenvalue weighted by Gasteiger charge is -2.18. The van der Waals surface area contributed by atoms with E-state index >= 15 is 0 Å². The van der Waals surface area contributed by atoms with Crippen molar-refractivity contribution in [2.75, 3.05) is 30.9 Å². The minimum atomic E-state index is -0.153. The standard InChI is InChI=1S/C26H29N3O2/c1-29(2)24-15-14-22(28-25(30)16-13-20-9-5-3-6-10-20)19-23(24)26(31)27-18-17-21-11-7-4-8-12-21/h3-12,14-15,19H,13,16-18H2,1-2H3,(H,27,31)(H,28,30). The molecule has 31 heavy (non-hydrogen) atoms. The van der Waals surface area contributed by atoms with Gasteiger partial charge in [0.2, 0.25) is 5.91 Å². The van der Waals surface area contributed by atoms with Gasteiger partial charge in [-0.3, -0.25) is 9.59 Å². The Labute approximate surface area is 184 Å². The van der Waals surface area contributed by atoms with Crippen molar-refractivity contribution in [1.82, 2.24) is 5.32 Å². The molecule has 0 heterocycles. The molecule has 2 amide bonds. The zero-order valence-corrected chi connectivity index (χ0v) is 18.1. The number of aryl methyl sites for hydroxylation is 1. The summed E-state index contributed by atoms with van der Waals surface area (Å²) >= 11 is 0. The molecule has 0 saturated carbocycles. The molecule has 0 fully saturated rings. The molecule has 0 saturated heterocycles. The van der Waals surface area contributed by atoms with Crippen LogP contribution in [0, 0.1) is 0 Å². The van der Waals surface area contributed by atoms with Crippen LogP contribution in [0.3, 0.4) is 0 Å². The molecule has 160 valence electrons. The third kappa shape index (κ3) is 6.71.